The summed E-state index contributed by atoms with van der Waals surface area (Å²) in [5.74, 6) is 1.28. The van der Waals surface area contributed by atoms with E-state index in [0.29, 0.717) is 18.9 Å². The summed E-state index contributed by atoms with van der Waals surface area (Å²) in [4.78, 5) is 12.2. The van der Waals surface area contributed by atoms with Crippen LogP contribution in [0.15, 0.2) is 24.3 Å². The van der Waals surface area contributed by atoms with Gasteiger partial charge in [-0.1, -0.05) is 32.0 Å². The second-order valence-corrected chi connectivity index (χ2v) is 6.08. The number of para-hydroxylation sites is 1. The van der Waals surface area contributed by atoms with Crippen LogP contribution in [0, 0.1) is 5.92 Å². The fourth-order valence-electron chi connectivity index (χ4n) is 2.25. The van der Waals surface area contributed by atoms with Gasteiger partial charge in [-0.2, -0.15) is 0 Å². The van der Waals surface area contributed by atoms with Crippen LogP contribution >= 0.6 is 12.4 Å². The lowest BCUT2D eigenvalue weighted by Gasteiger charge is -2.19. The van der Waals surface area contributed by atoms with Gasteiger partial charge in [0.25, 0.3) is 0 Å². The number of rotatable bonds is 8. The molecular formula is C17H29ClN2O2. The molecule has 3 N–H and O–H groups in total. The molecule has 1 aromatic rings. The van der Waals surface area contributed by atoms with Gasteiger partial charge in [-0.3, -0.25) is 4.79 Å². The van der Waals surface area contributed by atoms with Gasteiger partial charge in [-0.25, -0.2) is 0 Å². The topological polar surface area (TPSA) is 64.3 Å². The number of halogens is 1. The molecule has 1 rings (SSSR count). The summed E-state index contributed by atoms with van der Waals surface area (Å²) in [6, 6.07) is 7.70. The number of hydrogen-bond acceptors (Lipinski definition) is 3. The summed E-state index contributed by atoms with van der Waals surface area (Å²) in [7, 11) is 0. The molecule has 0 aromatic heterocycles. The SMILES string of the molecule is CC(C)CC(CN)NC(=O)Cc1ccccc1OC(C)C.Cl. The first-order valence-electron chi connectivity index (χ1n) is 7.66. The first kappa shape index (κ1) is 20.7. The molecule has 1 amide bonds. The highest BCUT2D eigenvalue weighted by Crippen LogP contribution is 2.20. The zero-order valence-corrected chi connectivity index (χ0v) is 14.8. The van der Waals surface area contributed by atoms with E-state index in [1.807, 2.05) is 38.1 Å². The minimum Gasteiger partial charge on any atom is -0.491 e. The standard InChI is InChI=1S/C17H28N2O2.ClH/c1-12(2)9-15(11-18)19-17(20)10-14-7-5-6-8-16(14)21-13(3)4;/h5-8,12-13,15H,9-11,18H2,1-4H3,(H,19,20);1H. The van der Waals surface area contributed by atoms with E-state index in [1.165, 1.54) is 0 Å². The van der Waals surface area contributed by atoms with Crippen molar-refractivity contribution in [1.29, 1.82) is 0 Å². The van der Waals surface area contributed by atoms with Crippen molar-refractivity contribution in [3.8, 4) is 5.75 Å². The lowest BCUT2D eigenvalue weighted by atomic mass is 10.0. The maximum atomic E-state index is 12.2. The molecule has 4 nitrogen and oxygen atoms in total. The Balaban J connectivity index is 0.00000441. The first-order chi connectivity index (χ1) is 9.92. The predicted octanol–water partition coefficient (Wildman–Crippen LogP) is 2.93. The predicted molar refractivity (Wildman–Crippen MR) is 93.6 cm³/mol. The van der Waals surface area contributed by atoms with E-state index in [1.54, 1.807) is 0 Å². The Kier molecular flexibility index (Phi) is 9.86. The van der Waals surface area contributed by atoms with Gasteiger partial charge in [-0.15, -0.1) is 12.4 Å². The molecule has 22 heavy (non-hydrogen) atoms. The van der Waals surface area contributed by atoms with Crippen LogP contribution in [0.3, 0.4) is 0 Å². The van der Waals surface area contributed by atoms with E-state index in [9.17, 15) is 4.79 Å². The average Bonchev–Trinajstić information content (AvgIpc) is 2.39. The minimum atomic E-state index is -0.00842. The van der Waals surface area contributed by atoms with E-state index < -0.39 is 0 Å². The smallest absolute Gasteiger partial charge is 0.224 e. The van der Waals surface area contributed by atoms with Crippen molar-refractivity contribution in [2.75, 3.05) is 6.54 Å². The Morgan fingerprint density at radius 1 is 1.23 bits per heavy atom. The molecule has 0 aliphatic heterocycles. The van der Waals surface area contributed by atoms with Crippen molar-refractivity contribution in [3.63, 3.8) is 0 Å². The average molecular weight is 329 g/mol. The molecule has 0 saturated carbocycles. The quantitative estimate of drug-likeness (QED) is 0.771. The summed E-state index contributed by atoms with van der Waals surface area (Å²) in [6.45, 7) is 8.67. The Labute approximate surface area is 140 Å². The summed E-state index contributed by atoms with van der Waals surface area (Å²) in [6.07, 6.45) is 1.30. The Bertz CT molecular complexity index is 450. The zero-order chi connectivity index (χ0) is 15.8. The molecular weight excluding hydrogens is 300 g/mol. The van der Waals surface area contributed by atoms with Crippen molar-refractivity contribution < 1.29 is 9.53 Å². The molecule has 126 valence electrons. The van der Waals surface area contributed by atoms with E-state index in [-0.39, 0.29) is 30.5 Å². The Hall–Kier alpha value is -1.26. The van der Waals surface area contributed by atoms with Gasteiger partial charge in [0.05, 0.1) is 12.5 Å². The molecule has 0 aliphatic carbocycles. The van der Waals surface area contributed by atoms with Crippen LogP contribution in [-0.4, -0.2) is 24.6 Å². The van der Waals surface area contributed by atoms with Crippen molar-refractivity contribution in [1.82, 2.24) is 5.32 Å². The van der Waals surface area contributed by atoms with Gasteiger partial charge in [0.2, 0.25) is 5.91 Å². The highest BCUT2D eigenvalue weighted by Gasteiger charge is 2.14. The number of nitrogens with one attached hydrogen (secondary N) is 1. The number of ether oxygens (including phenoxy) is 1. The van der Waals surface area contributed by atoms with Gasteiger partial charge < -0.3 is 15.8 Å². The summed E-state index contributed by atoms with van der Waals surface area (Å²) in [5.41, 5.74) is 6.63. The molecule has 0 spiro atoms. The summed E-state index contributed by atoms with van der Waals surface area (Å²) < 4.78 is 5.74. The van der Waals surface area contributed by atoms with Crippen LogP contribution < -0.4 is 15.8 Å². The summed E-state index contributed by atoms with van der Waals surface area (Å²) in [5, 5.41) is 3.01. The van der Waals surface area contributed by atoms with E-state index in [4.69, 9.17) is 10.5 Å². The fraction of sp³-hybridized carbons (Fsp3) is 0.588. The van der Waals surface area contributed by atoms with Gasteiger partial charge in [-0.05, 0) is 32.3 Å². The highest BCUT2D eigenvalue weighted by molar-refractivity contribution is 5.85. The van der Waals surface area contributed by atoms with Crippen molar-refractivity contribution in [2.24, 2.45) is 11.7 Å². The lowest BCUT2D eigenvalue weighted by Crippen LogP contribution is -2.41. The first-order valence-corrected chi connectivity index (χ1v) is 7.66. The molecule has 0 bridgehead atoms. The molecule has 1 unspecified atom stereocenters. The largest absolute Gasteiger partial charge is 0.491 e. The molecule has 5 heteroatoms. The number of carbonyl (C=O) groups excluding carboxylic acids is 1. The fourth-order valence-corrected chi connectivity index (χ4v) is 2.25. The third-order valence-corrected chi connectivity index (χ3v) is 3.09. The lowest BCUT2D eigenvalue weighted by molar-refractivity contribution is -0.121. The van der Waals surface area contributed by atoms with E-state index >= 15 is 0 Å². The van der Waals surface area contributed by atoms with E-state index in [2.05, 4.69) is 19.2 Å². The number of hydrogen-bond donors (Lipinski definition) is 2. The molecule has 0 saturated heterocycles. The van der Waals surface area contributed by atoms with Gasteiger partial charge >= 0.3 is 0 Å². The monoisotopic (exact) mass is 328 g/mol. The molecule has 0 radical (unpaired) electrons. The highest BCUT2D eigenvalue weighted by atomic mass is 35.5. The normalized spacial score (nSPS) is 12.0. The van der Waals surface area contributed by atoms with Gasteiger partial charge in [0, 0.05) is 18.2 Å². The van der Waals surface area contributed by atoms with Crippen LogP contribution in [0.2, 0.25) is 0 Å². The van der Waals surface area contributed by atoms with Crippen LogP contribution in [0.25, 0.3) is 0 Å². The number of amides is 1. The summed E-state index contributed by atoms with van der Waals surface area (Å²) >= 11 is 0. The van der Waals surface area contributed by atoms with E-state index in [0.717, 1.165) is 17.7 Å². The van der Waals surface area contributed by atoms with Crippen molar-refractivity contribution in [2.45, 2.75) is 52.7 Å². The number of carbonyl (C=O) groups is 1. The zero-order valence-electron chi connectivity index (χ0n) is 14.0. The maximum Gasteiger partial charge on any atom is 0.224 e. The van der Waals surface area contributed by atoms with Crippen LogP contribution in [0.1, 0.15) is 39.7 Å². The Morgan fingerprint density at radius 3 is 2.41 bits per heavy atom. The second-order valence-electron chi connectivity index (χ2n) is 6.08. The van der Waals surface area contributed by atoms with Crippen LogP contribution in [0.4, 0.5) is 0 Å². The molecule has 1 atom stereocenters. The molecule has 1 aromatic carbocycles. The second kappa shape index (κ2) is 10.5. The third kappa shape index (κ3) is 7.66. The molecule has 0 aliphatic rings. The van der Waals surface area contributed by atoms with Crippen molar-refractivity contribution >= 4 is 18.3 Å². The number of benzene rings is 1. The molecule has 0 fully saturated rings. The third-order valence-electron chi connectivity index (χ3n) is 3.09. The van der Waals surface area contributed by atoms with Gasteiger partial charge in [0.15, 0.2) is 0 Å². The Morgan fingerprint density at radius 2 is 1.86 bits per heavy atom. The van der Waals surface area contributed by atoms with Crippen LogP contribution in [0.5, 0.6) is 5.75 Å². The van der Waals surface area contributed by atoms with Crippen molar-refractivity contribution in [3.05, 3.63) is 29.8 Å². The minimum absolute atomic E-state index is 0. The molecule has 0 heterocycles. The van der Waals surface area contributed by atoms with Gasteiger partial charge in [0.1, 0.15) is 5.75 Å². The maximum absolute atomic E-state index is 12.2. The number of nitrogens with two attached hydrogens (primary N) is 1. The van der Waals surface area contributed by atoms with Crippen LogP contribution in [-0.2, 0) is 11.2 Å².